The van der Waals surface area contributed by atoms with Gasteiger partial charge >= 0.3 is 5.97 Å². The van der Waals surface area contributed by atoms with Gasteiger partial charge in [0.1, 0.15) is 5.75 Å². The smallest absolute Gasteiger partial charge is 0.317 e. The molecule has 0 aliphatic carbocycles. The Hall–Kier alpha value is -1.31. The molecule has 0 bridgehead atoms. The van der Waals surface area contributed by atoms with Gasteiger partial charge in [-0.2, -0.15) is 0 Å². The predicted octanol–water partition coefficient (Wildman–Crippen LogP) is 4.79. The summed E-state index contributed by atoms with van der Waals surface area (Å²) in [4.78, 5) is 12.4. The quantitative estimate of drug-likeness (QED) is 0.578. The van der Waals surface area contributed by atoms with E-state index in [2.05, 4.69) is 34.6 Å². The third-order valence-corrected chi connectivity index (χ3v) is 4.13. The molecule has 0 saturated heterocycles. The molecule has 106 valence electrons. The first-order valence-electron chi connectivity index (χ1n) is 6.88. The summed E-state index contributed by atoms with van der Waals surface area (Å²) >= 11 is 0. The van der Waals surface area contributed by atoms with Crippen LogP contribution in [0.5, 0.6) is 5.75 Å². The molecule has 0 N–H and O–H groups in total. The maximum Gasteiger partial charge on any atom is 0.317 e. The molecule has 0 saturated carbocycles. The van der Waals surface area contributed by atoms with E-state index in [1.807, 2.05) is 38.1 Å². The Morgan fingerprint density at radius 1 is 1.05 bits per heavy atom. The number of hydrogen-bond donors (Lipinski definition) is 0. The summed E-state index contributed by atoms with van der Waals surface area (Å²) in [6, 6.07) is 7.75. The van der Waals surface area contributed by atoms with Crippen LogP contribution >= 0.6 is 0 Å². The standard InChI is InChI=1S/C17H26O2/c1-12(2)13-10-8-9-11-14(13)19-15(18)17(6,7)16(3,4)5/h8-12H,1-7H3. The van der Waals surface area contributed by atoms with Gasteiger partial charge in [-0.05, 0) is 36.8 Å². The fraction of sp³-hybridized carbons (Fsp3) is 0.588. The van der Waals surface area contributed by atoms with Gasteiger partial charge in [0.25, 0.3) is 0 Å². The molecule has 0 aliphatic heterocycles. The van der Waals surface area contributed by atoms with Crippen LogP contribution in [-0.2, 0) is 4.79 Å². The second kappa shape index (κ2) is 5.36. The molecule has 1 rings (SSSR count). The van der Waals surface area contributed by atoms with E-state index in [1.54, 1.807) is 0 Å². The molecule has 0 amide bonds. The molecule has 2 nitrogen and oxygen atoms in total. The van der Waals surface area contributed by atoms with Crippen molar-refractivity contribution in [1.82, 2.24) is 0 Å². The summed E-state index contributed by atoms with van der Waals surface area (Å²) < 4.78 is 5.66. The molecular formula is C17H26O2. The topological polar surface area (TPSA) is 26.3 Å². The van der Waals surface area contributed by atoms with Crippen LogP contribution in [0.15, 0.2) is 24.3 Å². The molecule has 0 unspecified atom stereocenters. The monoisotopic (exact) mass is 262 g/mol. The lowest BCUT2D eigenvalue weighted by Gasteiger charge is -2.36. The Labute approximate surface area is 117 Å². The van der Waals surface area contributed by atoms with Crippen molar-refractivity contribution in [2.75, 3.05) is 0 Å². The zero-order chi connectivity index (χ0) is 14.8. The van der Waals surface area contributed by atoms with Gasteiger partial charge in [0.05, 0.1) is 5.41 Å². The number of benzene rings is 1. The van der Waals surface area contributed by atoms with Crippen molar-refractivity contribution in [3.8, 4) is 5.75 Å². The molecule has 0 aliphatic rings. The summed E-state index contributed by atoms with van der Waals surface area (Å²) in [5.41, 5.74) is 0.397. The normalized spacial score (nSPS) is 12.6. The zero-order valence-corrected chi connectivity index (χ0v) is 13.2. The van der Waals surface area contributed by atoms with E-state index in [-0.39, 0.29) is 11.4 Å². The molecule has 0 spiro atoms. The molecule has 1 aromatic rings. The lowest BCUT2D eigenvalue weighted by molar-refractivity contribution is -0.150. The molecular weight excluding hydrogens is 236 g/mol. The zero-order valence-electron chi connectivity index (χ0n) is 13.2. The van der Waals surface area contributed by atoms with Crippen molar-refractivity contribution in [2.24, 2.45) is 10.8 Å². The van der Waals surface area contributed by atoms with Crippen molar-refractivity contribution >= 4 is 5.97 Å². The van der Waals surface area contributed by atoms with Gasteiger partial charge in [0.2, 0.25) is 0 Å². The van der Waals surface area contributed by atoms with E-state index in [9.17, 15) is 4.79 Å². The van der Waals surface area contributed by atoms with Gasteiger partial charge in [-0.25, -0.2) is 0 Å². The Balaban J connectivity index is 3.01. The van der Waals surface area contributed by atoms with E-state index in [0.29, 0.717) is 11.7 Å². The highest BCUT2D eigenvalue weighted by Gasteiger charge is 2.41. The van der Waals surface area contributed by atoms with E-state index in [1.165, 1.54) is 0 Å². The van der Waals surface area contributed by atoms with Crippen molar-refractivity contribution in [1.29, 1.82) is 0 Å². The van der Waals surface area contributed by atoms with Crippen LogP contribution in [0.4, 0.5) is 0 Å². The summed E-state index contributed by atoms with van der Waals surface area (Å²) in [6.45, 7) is 14.2. The Kier molecular flexibility index (Phi) is 4.44. The van der Waals surface area contributed by atoms with E-state index in [4.69, 9.17) is 4.74 Å². The van der Waals surface area contributed by atoms with E-state index in [0.717, 1.165) is 5.56 Å². The van der Waals surface area contributed by atoms with Crippen molar-refractivity contribution < 1.29 is 9.53 Å². The van der Waals surface area contributed by atoms with Crippen LogP contribution in [0.1, 0.15) is 59.9 Å². The van der Waals surface area contributed by atoms with Gasteiger partial charge in [-0.1, -0.05) is 52.8 Å². The predicted molar refractivity (Wildman–Crippen MR) is 79.4 cm³/mol. The van der Waals surface area contributed by atoms with Crippen LogP contribution in [-0.4, -0.2) is 5.97 Å². The number of ether oxygens (including phenoxy) is 1. The fourth-order valence-electron chi connectivity index (χ4n) is 1.58. The van der Waals surface area contributed by atoms with Crippen LogP contribution in [0.3, 0.4) is 0 Å². The highest BCUT2D eigenvalue weighted by molar-refractivity contribution is 5.79. The van der Waals surface area contributed by atoms with Gasteiger partial charge in [0.15, 0.2) is 0 Å². The number of esters is 1. The second-order valence-electron chi connectivity index (χ2n) is 6.96. The highest BCUT2D eigenvalue weighted by atomic mass is 16.5. The number of carbonyl (C=O) groups is 1. The Morgan fingerprint density at radius 3 is 2.05 bits per heavy atom. The van der Waals surface area contributed by atoms with Crippen molar-refractivity contribution in [3.63, 3.8) is 0 Å². The number of rotatable bonds is 3. The molecule has 0 atom stereocenters. The second-order valence-corrected chi connectivity index (χ2v) is 6.96. The van der Waals surface area contributed by atoms with Crippen LogP contribution < -0.4 is 4.74 Å². The summed E-state index contributed by atoms with van der Waals surface area (Å²) in [7, 11) is 0. The summed E-state index contributed by atoms with van der Waals surface area (Å²) in [5.74, 6) is 0.842. The third-order valence-electron chi connectivity index (χ3n) is 4.13. The molecule has 0 fully saturated rings. The first-order chi connectivity index (χ1) is 8.57. The van der Waals surface area contributed by atoms with Gasteiger partial charge in [-0.15, -0.1) is 0 Å². The summed E-state index contributed by atoms with van der Waals surface area (Å²) in [6.07, 6.45) is 0. The highest BCUT2D eigenvalue weighted by Crippen LogP contribution is 2.39. The van der Waals surface area contributed by atoms with Gasteiger partial charge in [-0.3, -0.25) is 4.79 Å². The molecule has 1 aromatic carbocycles. The minimum atomic E-state index is -0.531. The Bertz CT molecular complexity index is 451. The van der Waals surface area contributed by atoms with Crippen molar-refractivity contribution in [3.05, 3.63) is 29.8 Å². The number of carbonyl (C=O) groups excluding carboxylic acids is 1. The average Bonchev–Trinajstić information content (AvgIpc) is 2.27. The third kappa shape index (κ3) is 3.37. The first kappa shape index (κ1) is 15.7. The SMILES string of the molecule is CC(C)c1ccccc1OC(=O)C(C)(C)C(C)(C)C. The van der Waals surface area contributed by atoms with Crippen LogP contribution in [0.25, 0.3) is 0 Å². The minimum absolute atomic E-state index is 0.142. The van der Waals surface area contributed by atoms with E-state index >= 15 is 0 Å². The van der Waals surface area contributed by atoms with E-state index < -0.39 is 5.41 Å². The Morgan fingerprint density at radius 2 is 1.58 bits per heavy atom. The average molecular weight is 262 g/mol. The summed E-state index contributed by atoms with van der Waals surface area (Å²) in [5, 5.41) is 0. The lowest BCUT2D eigenvalue weighted by Crippen LogP contribution is -2.40. The first-order valence-corrected chi connectivity index (χ1v) is 6.88. The van der Waals surface area contributed by atoms with Crippen LogP contribution in [0.2, 0.25) is 0 Å². The minimum Gasteiger partial charge on any atom is -0.426 e. The maximum absolute atomic E-state index is 12.4. The number of hydrogen-bond acceptors (Lipinski definition) is 2. The molecule has 0 radical (unpaired) electrons. The molecule has 0 aromatic heterocycles. The lowest BCUT2D eigenvalue weighted by atomic mass is 9.69. The van der Waals surface area contributed by atoms with Crippen LogP contribution in [0, 0.1) is 10.8 Å². The number of para-hydroxylation sites is 1. The van der Waals surface area contributed by atoms with Gasteiger partial charge < -0.3 is 4.74 Å². The molecule has 2 heteroatoms. The maximum atomic E-state index is 12.4. The molecule has 0 heterocycles. The fourth-order valence-corrected chi connectivity index (χ4v) is 1.58. The van der Waals surface area contributed by atoms with Gasteiger partial charge in [0, 0.05) is 0 Å². The van der Waals surface area contributed by atoms with Crippen molar-refractivity contribution in [2.45, 2.75) is 54.4 Å². The molecule has 19 heavy (non-hydrogen) atoms. The largest absolute Gasteiger partial charge is 0.426 e.